The van der Waals surface area contributed by atoms with Crippen LogP contribution in [-0.4, -0.2) is 42.4 Å². The highest BCUT2D eigenvalue weighted by molar-refractivity contribution is 5.93. The van der Waals surface area contributed by atoms with E-state index in [9.17, 15) is 9.90 Å². The maximum absolute atomic E-state index is 11.2. The Kier molecular flexibility index (Phi) is 3.81. The molecule has 1 fully saturated rings. The number of pyridine rings is 1. The molecule has 1 atom stereocenters. The van der Waals surface area contributed by atoms with Crippen LogP contribution in [0.4, 0.5) is 5.82 Å². The molecule has 0 aromatic carbocycles. The van der Waals surface area contributed by atoms with Gasteiger partial charge in [-0.05, 0) is 31.9 Å². The fourth-order valence-electron chi connectivity index (χ4n) is 2.27. The van der Waals surface area contributed by atoms with Crippen LogP contribution in [0.1, 0.15) is 28.9 Å². The number of nitrogens with zero attached hydrogens (tertiary/aromatic N) is 2. The third-order valence-electron chi connectivity index (χ3n) is 3.26. The molecule has 1 aliphatic heterocycles. The second kappa shape index (κ2) is 5.35. The largest absolute Gasteiger partial charge is 0.478 e. The quantitative estimate of drug-likeness (QED) is 0.884. The van der Waals surface area contributed by atoms with E-state index in [0.717, 1.165) is 25.1 Å². The normalized spacial score (nSPS) is 19.9. The van der Waals surface area contributed by atoms with Gasteiger partial charge in [0.25, 0.3) is 0 Å². The second-order valence-electron chi connectivity index (χ2n) is 4.57. The van der Waals surface area contributed by atoms with E-state index in [4.69, 9.17) is 4.74 Å². The average molecular weight is 250 g/mol. The van der Waals surface area contributed by atoms with Gasteiger partial charge in [0, 0.05) is 25.9 Å². The monoisotopic (exact) mass is 250 g/mol. The lowest BCUT2D eigenvalue weighted by Gasteiger charge is -2.33. The van der Waals surface area contributed by atoms with E-state index in [-0.39, 0.29) is 11.7 Å². The zero-order valence-corrected chi connectivity index (χ0v) is 10.7. The van der Waals surface area contributed by atoms with Crippen LogP contribution in [0.15, 0.2) is 12.1 Å². The van der Waals surface area contributed by atoms with Crippen molar-refractivity contribution in [3.05, 3.63) is 23.4 Å². The number of carboxylic acids is 1. The molecule has 0 amide bonds. The van der Waals surface area contributed by atoms with Crippen molar-refractivity contribution in [3.8, 4) is 0 Å². The van der Waals surface area contributed by atoms with Crippen LogP contribution in [0.25, 0.3) is 0 Å². The average Bonchev–Trinajstić information content (AvgIpc) is 2.38. The third-order valence-corrected chi connectivity index (χ3v) is 3.26. The highest BCUT2D eigenvalue weighted by Crippen LogP contribution is 2.23. The third kappa shape index (κ3) is 2.61. The molecule has 2 rings (SSSR count). The molecule has 0 saturated carbocycles. The number of hydrogen-bond acceptors (Lipinski definition) is 4. The molecule has 2 heterocycles. The van der Waals surface area contributed by atoms with Crippen molar-refractivity contribution < 1.29 is 14.6 Å². The molecule has 18 heavy (non-hydrogen) atoms. The maximum Gasteiger partial charge on any atom is 0.339 e. The van der Waals surface area contributed by atoms with Crippen LogP contribution in [0.2, 0.25) is 0 Å². The van der Waals surface area contributed by atoms with Crippen molar-refractivity contribution in [1.82, 2.24) is 4.98 Å². The molecule has 1 aromatic rings. The fourth-order valence-corrected chi connectivity index (χ4v) is 2.27. The summed E-state index contributed by atoms with van der Waals surface area (Å²) in [7, 11) is 1.69. The Labute approximate surface area is 106 Å². The number of carbonyl (C=O) groups is 1. The Bertz CT molecular complexity index is 448. The van der Waals surface area contributed by atoms with Gasteiger partial charge in [0.1, 0.15) is 11.4 Å². The molecule has 5 nitrogen and oxygen atoms in total. The minimum absolute atomic E-state index is 0.155. The summed E-state index contributed by atoms with van der Waals surface area (Å²) in [6.45, 7) is 3.40. The van der Waals surface area contributed by atoms with Crippen molar-refractivity contribution in [2.75, 3.05) is 25.1 Å². The number of carboxylic acid groups (broad SMARTS) is 1. The molecule has 1 aliphatic rings. The Hall–Kier alpha value is -1.62. The zero-order chi connectivity index (χ0) is 13.1. The van der Waals surface area contributed by atoms with Crippen molar-refractivity contribution in [1.29, 1.82) is 0 Å². The van der Waals surface area contributed by atoms with Crippen LogP contribution in [-0.2, 0) is 4.74 Å². The van der Waals surface area contributed by atoms with Gasteiger partial charge in [-0.3, -0.25) is 0 Å². The molecule has 0 radical (unpaired) electrons. The van der Waals surface area contributed by atoms with Gasteiger partial charge in [0.2, 0.25) is 0 Å². The summed E-state index contributed by atoms with van der Waals surface area (Å²) in [4.78, 5) is 17.6. The van der Waals surface area contributed by atoms with Crippen molar-refractivity contribution in [2.24, 2.45) is 0 Å². The topological polar surface area (TPSA) is 62.7 Å². The number of ether oxygens (including phenoxy) is 1. The van der Waals surface area contributed by atoms with Crippen molar-refractivity contribution >= 4 is 11.8 Å². The number of aromatic carboxylic acids is 1. The summed E-state index contributed by atoms with van der Waals surface area (Å²) >= 11 is 0. The summed E-state index contributed by atoms with van der Waals surface area (Å²) < 4.78 is 5.36. The van der Waals surface area contributed by atoms with Crippen LogP contribution in [0.3, 0.4) is 0 Å². The van der Waals surface area contributed by atoms with E-state index in [2.05, 4.69) is 4.98 Å². The molecule has 1 saturated heterocycles. The van der Waals surface area contributed by atoms with Gasteiger partial charge in [0.05, 0.1) is 6.10 Å². The van der Waals surface area contributed by atoms with Gasteiger partial charge in [-0.1, -0.05) is 0 Å². The Morgan fingerprint density at radius 1 is 1.56 bits per heavy atom. The highest BCUT2D eigenvalue weighted by Gasteiger charge is 2.24. The predicted octanol–water partition coefficient (Wildman–Crippen LogP) is 1.70. The molecular weight excluding hydrogens is 232 g/mol. The van der Waals surface area contributed by atoms with Gasteiger partial charge in [-0.2, -0.15) is 0 Å². The zero-order valence-electron chi connectivity index (χ0n) is 10.7. The molecule has 1 unspecified atom stereocenters. The van der Waals surface area contributed by atoms with Gasteiger partial charge >= 0.3 is 5.97 Å². The van der Waals surface area contributed by atoms with Gasteiger partial charge in [-0.25, -0.2) is 9.78 Å². The van der Waals surface area contributed by atoms with Gasteiger partial charge in [0.15, 0.2) is 0 Å². The van der Waals surface area contributed by atoms with E-state index in [1.165, 1.54) is 0 Å². The molecule has 98 valence electrons. The number of aryl methyl sites for hydroxylation is 1. The minimum atomic E-state index is -0.933. The molecule has 5 heteroatoms. The Morgan fingerprint density at radius 2 is 2.33 bits per heavy atom. The highest BCUT2D eigenvalue weighted by atomic mass is 16.5. The molecule has 0 spiro atoms. The van der Waals surface area contributed by atoms with E-state index >= 15 is 0 Å². The predicted molar refractivity (Wildman–Crippen MR) is 68.2 cm³/mol. The fraction of sp³-hybridized carbons (Fsp3) is 0.538. The first-order valence-corrected chi connectivity index (χ1v) is 6.10. The van der Waals surface area contributed by atoms with E-state index < -0.39 is 5.97 Å². The first-order valence-electron chi connectivity index (χ1n) is 6.10. The van der Waals surface area contributed by atoms with E-state index in [1.807, 2.05) is 11.8 Å². The summed E-state index contributed by atoms with van der Waals surface area (Å²) in [5.74, 6) is -0.374. The number of rotatable bonds is 3. The van der Waals surface area contributed by atoms with Crippen LogP contribution >= 0.6 is 0 Å². The number of hydrogen-bond donors (Lipinski definition) is 1. The van der Waals surface area contributed by atoms with Crippen molar-refractivity contribution in [3.63, 3.8) is 0 Å². The van der Waals surface area contributed by atoms with Gasteiger partial charge in [-0.15, -0.1) is 0 Å². The Morgan fingerprint density at radius 3 is 3.00 bits per heavy atom. The summed E-state index contributed by atoms with van der Waals surface area (Å²) in [6, 6.07) is 3.35. The van der Waals surface area contributed by atoms with Gasteiger partial charge < -0.3 is 14.7 Å². The number of anilines is 1. The molecular formula is C13H18N2O3. The summed E-state index contributed by atoms with van der Waals surface area (Å²) in [5.41, 5.74) is 1.09. The second-order valence-corrected chi connectivity index (χ2v) is 4.57. The van der Waals surface area contributed by atoms with Crippen molar-refractivity contribution in [2.45, 2.75) is 25.9 Å². The summed E-state index contributed by atoms with van der Waals surface area (Å²) in [5, 5.41) is 9.21. The molecule has 1 aromatic heterocycles. The van der Waals surface area contributed by atoms with E-state index in [1.54, 1.807) is 19.2 Å². The van der Waals surface area contributed by atoms with Crippen LogP contribution in [0, 0.1) is 6.92 Å². The lowest BCUT2D eigenvalue weighted by Crippen LogP contribution is -2.40. The Balaban J connectivity index is 2.31. The smallest absolute Gasteiger partial charge is 0.339 e. The standard InChI is InChI=1S/C13H18N2O3/c1-9-5-6-11(13(16)17)12(14-9)15-7-3-4-10(8-15)18-2/h5-6,10H,3-4,7-8H2,1-2H3,(H,16,17). The number of aromatic nitrogens is 1. The molecule has 0 aliphatic carbocycles. The first-order chi connectivity index (χ1) is 8.61. The number of methoxy groups -OCH3 is 1. The van der Waals surface area contributed by atoms with E-state index in [0.29, 0.717) is 12.4 Å². The molecule has 1 N–H and O–H groups in total. The lowest BCUT2D eigenvalue weighted by molar-refractivity contribution is 0.0694. The summed E-state index contributed by atoms with van der Waals surface area (Å²) in [6.07, 6.45) is 2.16. The van der Waals surface area contributed by atoms with Crippen LogP contribution < -0.4 is 4.90 Å². The minimum Gasteiger partial charge on any atom is -0.478 e. The molecule has 0 bridgehead atoms. The maximum atomic E-state index is 11.2. The SMILES string of the molecule is COC1CCCN(c2nc(C)ccc2C(=O)O)C1. The lowest BCUT2D eigenvalue weighted by atomic mass is 10.1. The number of piperidine rings is 1. The van der Waals surface area contributed by atoms with Crippen LogP contribution in [0.5, 0.6) is 0 Å². The first kappa shape index (κ1) is 12.8.